The summed E-state index contributed by atoms with van der Waals surface area (Å²) < 4.78 is 0. The number of amides is 1. The highest BCUT2D eigenvalue weighted by Gasteiger charge is 2.35. The minimum Gasteiger partial charge on any atom is -0.335 e. The maximum atomic E-state index is 11.6. The van der Waals surface area contributed by atoms with E-state index in [0.717, 1.165) is 18.5 Å². The van der Waals surface area contributed by atoms with Gasteiger partial charge in [0.1, 0.15) is 0 Å². The molecular weight excluding hydrogens is 212 g/mol. The lowest BCUT2D eigenvalue weighted by atomic mass is 9.97. The van der Waals surface area contributed by atoms with Crippen LogP contribution in [0.4, 0.5) is 0 Å². The van der Waals surface area contributed by atoms with Gasteiger partial charge in [0.25, 0.3) is 0 Å². The smallest absolute Gasteiger partial charge is 0.225 e. The van der Waals surface area contributed by atoms with Crippen molar-refractivity contribution in [3.63, 3.8) is 0 Å². The summed E-state index contributed by atoms with van der Waals surface area (Å²) in [7, 11) is 1.94. The first-order valence-electron chi connectivity index (χ1n) is 6.11. The summed E-state index contributed by atoms with van der Waals surface area (Å²) in [6.45, 7) is 7.33. The van der Waals surface area contributed by atoms with Gasteiger partial charge in [0.15, 0.2) is 0 Å². The fourth-order valence-electron chi connectivity index (χ4n) is 2.03. The summed E-state index contributed by atoms with van der Waals surface area (Å²) >= 11 is 0. The van der Waals surface area contributed by atoms with E-state index in [0.29, 0.717) is 19.0 Å². The number of nitrogens with zero attached hydrogens (tertiary/aromatic N) is 1. The standard InChI is InChI=1S/C14H22N2O/c1-4-6-12(7-5-2)11-16-13(8-9-15-3)10-14(16)17/h4-7,13,15H,1,8-11H2,2-3H3/b7-5-,12-6+/t13-/m1/s1. The van der Waals surface area contributed by atoms with Crippen molar-refractivity contribution in [2.75, 3.05) is 20.1 Å². The highest BCUT2D eigenvalue weighted by molar-refractivity contribution is 5.83. The van der Waals surface area contributed by atoms with Gasteiger partial charge in [-0.2, -0.15) is 0 Å². The van der Waals surface area contributed by atoms with Crippen LogP contribution in [0.15, 0.2) is 36.5 Å². The van der Waals surface area contributed by atoms with Gasteiger partial charge in [0.2, 0.25) is 5.91 Å². The first-order valence-corrected chi connectivity index (χ1v) is 6.11. The lowest BCUT2D eigenvalue weighted by Crippen LogP contribution is -2.53. The molecule has 0 aromatic rings. The molecule has 0 unspecified atom stereocenters. The van der Waals surface area contributed by atoms with Gasteiger partial charge in [-0.05, 0) is 32.5 Å². The van der Waals surface area contributed by atoms with E-state index < -0.39 is 0 Å². The van der Waals surface area contributed by atoms with Crippen LogP contribution in [0.25, 0.3) is 0 Å². The maximum absolute atomic E-state index is 11.6. The van der Waals surface area contributed by atoms with Crippen molar-refractivity contribution in [2.24, 2.45) is 0 Å². The van der Waals surface area contributed by atoms with E-state index in [1.807, 2.05) is 37.1 Å². The molecule has 0 aliphatic carbocycles. The Labute approximate surface area is 104 Å². The van der Waals surface area contributed by atoms with Gasteiger partial charge in [-0.1, -0.05) is 30.9 Å². The molecule has 1 rings (SSSR count). The molecule has 1 saturated heterocycles. The number of allylic oxidation sites excluding steroid dienone is 3. The van der Waals surface area contributed by atoms with Gasteiger partial charge in [-0.25, -0.2) is 0 Å². The van der Waals surface area contributed by atoms with Crippen LogP contribution in [0.3, 0.4) is 0 Å². The van der Waals surface area contributed by atoms with E-state index in [9.17, 15) is 4.79 Å². The van der Waals surface area contributed by atoms with Crippen molar-refractivity contribution in [3.05, 3.63) is 36.5 Å². The molecule has 1 amide bonds. The van der Waals surface area contributed by atoms with Crippen molar-refractivity contribution in [2.45, 2.75) is 25.8 Å². The van der Waals surface area contributed by atoms with Crippen LogP contribution in [0.2, 0.25) is 0 Å². The summed E-state index contributed by atoms with van der Waals surface area (Å²) in [5.74, 6) is 0.255. The minimum absolute atomic E-state index is 0.255. The molecule has 1 heterocycles. The Balaban J connectivity index is 2.55. The van der Waals surface area contributed by atoms with Gasteiger partial charge in [0.05, 0.1) is 0 Å². The number of carbonyl (C=O) groups is 1. The van der Waals surface area contributed by atoms with Gasteiger partial charge in [-0.3, -0.25) is 4.79 Å². The van der Waals surface area contributed by atoms with Crippen LogP contribution < -0.4 is 5.32 Å². The normalized spacial score (nSPS) is 20.8. The van der Waals surface area contributed by atoms with Crippen LogP contribution in [0.5, 0.6) is 0 Å². The Morgan fingerprint density at radius 3 is 2.94 bits per heavy atom. The SMILES string of the molecule is C=C/C=C(\C=C/C)CN1C(=O)C[C@H]1CCNC. The van der Waals surface area contributed by atoms with Crippen molar-refractivity contribution >= 4 is 5.91 Å². The Morgan fingerprint density at radius 2 is 2.41 bits per heavy atom. The molecule has 3 nitrogen and oxygen atoms in total. The van der Waals surface area contributed by atoms with E-state index in [-0.39, 0.29) is 5.91 Å². The van der Waals surface area contributed by atoms with Crippen LogP contribution >= 0.6 is 0 Å². The lowest BCUT2D eigenvalue weighted by molar-refractivity contribution is -0.145. The van der Waals surface area contributed by atoms with E-state index in [2.05, 4.69) is 11.9 Å². The van der Waals surface area contributed by atoms with Gasteiger partial charge in [0, 0.05) is 19.0 Å². The predicted octanol–water partition coefficient (Wildman–Crippen LogP) is 1.89. The zero-order chi connectivity index (χ0) is 12.7. The molecule has 0 radical (unpaired) electrons. The molecule has 1 fully saturated rings. The molecule has 1 atom stereocenters. The highest BCUT2D eigenvalue weighted by Crippen LogP contribution is 2.23. The quantitative estimate of drug-likeness (QED) is 0.539. The molecule has 0 aromatic carbocycles. The van der Waals surface area contributed by atoms with Gasteiger partial charge in [-0.15, -0.1) is 0 Å². The molecule has 94 valence electrons. The molecule has 3 heteroatoms. The fourth-order valence-corrected chi connectivity index (χ4v) is 2.03. The molecular formula is C14H22N2O. The summed E-state index contributed by atoms with van der Waals surface area (Å²) in [6.07, 6.45) is 9.46. The van der Waals surface area contributed by atoms with E-state index >= 15 is 0 Å². The number of likely N-dealkylation sites (tertiary alicyclic amines) is 1. The Kier molecular flexibility index (Phi) is 5.70. The minimum atomic E-state index is 0.255. The first-order chi connectivity index (χ1) is 8.22. The van der Waals surface area contributed by atoms with Crippen LogP contribution in [-0.4, -0.2) is 37.0 Å². The molecule has 0 saturated carbocycles. The second-order valence-corrected chi connectivity index (χ2v) is 4.25. The van der Waals surface area contributed by atoms with Crippen molar-refractivity contribution in [1.82, 2.24) is 10.2 Å². The lowest BCUT2D eigenvalue weighted by Gasteiger charge is -2.41. The fraction of sp³-hybridized carbons (Fsp3) is 0.500. The predicted molar refractivity (Wildman–Crippen MR) is 71.8 cm³/mol. The second-order valence-electron chi connectivity index (χ2n) is 4.25. The van der Waals surface area contributed by atoms with Crippen LogP contribution in [-0.2, 0) is 4.79 Å². The largest absolute Gasteiger partial charge is 0.335 e. The molecule has 0 bridgehead atoms. The summed E-state index contributed by atoms with van der Waals surface area (Å²) in [4.78, 5) is 13.5. The van der Waals surface area contributed by atoms with Crippen molar-refractivity contribution < 1.29 is 4.79 Å². The molecule has 1 N–H and O–H groups in total. The summed E-state index contributed by atoms with van der Waals surface area (Å²) in [5, 5.41) is 3.12. The molecule has 1 aliphatic rings. The van der Waals surface area contributed by atoms with Crippen LogP contribution in [0, 0.1) is 0 Å². The Bertz CT molecular complexity index is 331. The summed E-state index contributed by atoms with van der Waals surface area (Å²) in [5.41, 5.74) is 1.13. The second kappa shape index (κ2) is 7.07. The molecule has 1 aliphatic heterocycles. The summed E-state index contributed by atoms with van der Waals surface area (Å²) in [6, 6.07) is 0.397. The number of carbonyl (C=O) groups excluding carboxylic acids is 1. The average molecular weight is 234 g/mol. The van der Waals surface area contributed by atoms with Crippen molar-refractivity contribution in [3.8, 4) is 0 Å². The zero-order valence-corrected chi connectivity index (χ0v) is 10.8. The van der Waals surface area contributed by atoms with E-state index in [4.69, 9.17) is 0 Å². The third-order valence-corrected chi connectivity index (χ3v) is 2.96. The van der Waals surface area contributed by atoms with E-state index in [1.54, 1.807) is 6.08 Å². The first kappa shape index (κ1) is 13.7. The topological polar surface area (TPSA) is 32.3 Å². The highest BCUT2D eigenvalue weighted by atomic mass is 16.2. The molecule has 17 heavy (non-hydrogen) atoms. The number of nitrogens with one attached hydrogen (secondary N) is 1. The third-order valence-electron chi connectivity index (χ3n) is 2.96. The molecule has 0 aromatic heterocycles. The zero-order valence-electron chi connectivity index (χ0n) is 10.8. The Morgan fingerprint density at radius 1 is 1.65 bits per heavy atom. The number of rotatable bonds is 7. The Hall–Kier alpha value is -1.35. The number of β-lactam (4-membered cyclic amide) rings is 1. The van der Waals surface area contributed by atoms with Gasteiger partial charge < -0.3 is 10.2 Å². The maximum Gasteiger partial charge on any atom is 0.225 e. The third kappa shape index (κ3) is 3.86. The van der Waals surface area contributed by atoms with E-state index in [1.165, 1.54) is 0 Å². The average Bonchev–Trinajstić information content (AvgIpc) is 2.31. The van der Waals surface area contributed by atoms with Gasteiger partial charge >= 0.3 is 0 Å². The van der Waals surface area contributed by atoms with Crippen molar-refractivity contribution in [1.29, 1.82) is 0 Å². The number of hydrogen-bond donors (Lipinski definition) is 1. The number of hydrogen-bond acceptors (Lipinski definition) is 2. The van der Waals surface area contributed by atoms with Crippen LogP contribution in [0.1, 0.15) is 19.8 Å². The monoisotopic (exact) mass is 234 g/mol. The molecule has 0 spiro atoms.